The Kier molecular flexibility index (Phi) is 7.05. The third-order valence-corrected chi connectivity index (χ3v) is 4.50. The number of nitriles is 1. The predicted molar refractivity (Wildman–Crippen MR) is 97.4 cm³/mol. The topological polar surface area (TPSA) is 79.2 Å². The van der Waals surface area contributed by atoms with Crippen molar-refractivity contribution in [3.8, 4) is 6.07 Å². The molecule has 0 unspecified atom stereocenters. The van der Waals surface area contributed by atoms with E-state index in [1.54, 1.807) is 42.1 Å². The SMILES string of the molecule is COC(=O)c1ccc(C(=O)NCCSCc2ccccc2C#N)cc1. The number of ether oxygens (including phenoxy) is 1. The summed E-state index contributed by atoms with van der Waals surface area (Å²) in [6.45, 7) is 0.525. The fraction of sp³-hybridized carbons (Fsp3) is 0.211. The van der Waals surface area contributed by atoms with E-state index < -0.39 is 5.97 Å². The van der Waals surface area contributed by atoms with E-state index in [1.165, 1.54) is 7.11 Å². The van der Waals surface area contributed by atoms with E-state index in [-0.39, 0.29) is 5.91 Å². The van der Waals surface area contributed by atoms with Crippen LogP contribution in [0.25, 0.3) is 0 Å². The van der Waals surface area contributed by atoms with Gasteiger partial charge < -0.3 is 10.1 Å². The standard InChI is InChI=1S/C19H18N2O3S/c1-24-19(23)15-8-6-14(7-9-15)18(22)21-10-11-25-13-17-5-3-2-4-16(17)12-20/h2-9H,10-11,13H2,1H3,(H,21,22). The molecule has 6 heteroatoms. The highest BCUT2D eigenvalue weighted by Gasteiger charge is 2.08. The molecule has 25 heavy (non-hydrogen) atoms. The van der Waals surface area contributed by atoms with Crippen LogP contribution in [0.2, 0.25) is 0 Å². The molecule has 2 aromatic carbocycles. The molecule has 0 heterocycles. The normalized spacial score (nSPS) is 9.92. The van der Waals surface area contributed by atoms with Crippen LogP contribution < -0.4 is 5.32 Å². The zero-order valence-electron chi connectivity index (χ0n) is 13.8. The van der Waals surface area contributed by atoms with Crippen LogP contribution in [0.5, 0.6) is 0 Å². The van der Waals surface area contributed by atoms with Crippen LogP contribution in [0.4, 0.5) is 0 Å². The van der Waals surface area contributed by atoms with E-state index >= 15 is 0 Å². The lowest BCUT2D eigenvalue weighted by Crippen LogP contribution is -2.25. The molecule has 0 aliphatic heterocycles. The van der Waals surface area contributed by atoms with E-state index in [2.05, 4.69) is 16.1 Å². The second kappa shape index (κ2) is 9.50. The van der Waals surface area contributed by atoms with Crippen LogP contribution in [0, 0.1) is 11.3 Å². The zero-order chi connectivity index (χ0) is 18.1. The van der Waals surface area contributed by atoms with Gasteiger partial charge in [0.2, 0.25) is 0 Å². The van der Waals surface area contributed by atoms with Crippen molar-refractivity contribution < 1.29 is 14.3 Å². The number of nitrogens with zero attached hydrogens (tertiary/aromatic N) is 1. The Morgan fingerprint density at radius 3 is 2.48 bits per heavy atom. The lowest BCUT2D eigenvalue weighted by atomic mass is 10.1. The Morgan fingerprint density at radius 2 is 1.80 bits per heavy atom. The summed E-state index contributed by atoms with van der Waals surface area (Å²) in [6.07, 6.45) is 0. The third-order valence-electron chi connectivity index (χ3n) is 3.50. The quantitative estimate of drug-likeness (QED) is 0.611. The maximum atomic E-state index is 12.0. The van der Waals surface area contributed by atoms with Gasteiger partial charge in [0, 0.05) is 23.6 Å². The molecule has 0 saturated carbocycles. The maximum Gasteiger partial charge on any atom is 0.337 e. The van der Waals surface area contributed by atoms with Crippen molar-refractivity contribution in [3.63, 3.8) is 0 Å². The molecule has 0 atom stereocenters. The van der Waals surface area contributed by atoms with Gasteiger partial charge in [0.1, 0.15) is 0 Å². The third kappa shape index (κ3) is 5.37. The van der Waals surface area contributed by atoms with Gasteiger partial charge in [0.05, 0.1) is 24.3 Å². The van der Waals surface area contributed by atoms with Crippen LogP contribution in [0.15, 0.2) is 48.5 Å². The Morgan fingerprint density at radius 1 is 1.12 bits per heavy atom. The van der Waals surface area contributed by atoms with E-state index in [0.29, 0.717) is 23.2 Å². The van der Waals surface area contributed by atoms with Crippen LogP contribution in [-0.4, -0.2) is 31.3 Å². The number of methoxy groups -OCH3 is 1. The van der Waals surface area contributed by atoms with Gasteiger partial charge >= 0.3 is 5.97 Å². The lowest BCUT2D eigenvalue weighted by Gasteiger charge is -2.07. The van der Waals surface area contributed by atoms with Gasteiger partial charge in [-0.1, -0.05) is 18.2 Å². The molecule has 2 aromatic rings. The highest BCUT2D eigenvalue weighted by Crippen LogP contribution is 2.15. The molecule has 0 aliphatic carbocycles. The molecular weight excluding hydrogens is 336 g/mol. The van der Waals surface area contributed by atoms with Gasteiger partial charge in [-0.25, -0.2) is 4.79 Å². The molecule has 5 nitrogen and oxygen atoms in total. The summed E-state index contributed by atoms with van der Waals surface area (Å²) in [5, 5.41) is 11.9. The number of thioether (sulfide) groups is 1. The molecule has 0 radical (unpaired) electrons. The first-order valence-electron chi connectivity index (χ1n) is 7.68. The van der Waals surface area contributed by atoms with Gasteiger partial charge in [-0.15, -0.1) is 0 Å². The summed E-state index contributed by atoms with van der Waals surface area (Å²) in [5.74, 6) is 0.856. The van der Waals surface area contributed by atoms with Crippen LogP contribution >= 0.6 is 11.8 Å². The van der Waals surface area contributed by atoms with Crippen LogP contribution in [0.3, 0.4) is 0 Å². The second-order valence-electron chi connectivity index (χ2n) is 5.15. The first-order valence-corrected chi connectivity index (χ1v) is 8.83. The summed E-state index contributed by atoms with van der Waals surface area (Å²) in [7, 11) is 1.32. The molecule has 0 aliphatic rings. The molecule has 128 valence electrons. The van der Waals surface area contributed by atoms with Crippen molar-refractivity contribution in [2.45, 2.75) is 5.75 Å². The van der Waals surface area contributed by atoms with E-state index in [1.807, 2.05) is 18.2 Å². The minimum atomic E-state index is -0.430. The largest absolute Gasteiger partial charge is 0.465 e. The molecule has 0 saturated heterocycles. The molecule has 0 spiro atoms. The van der Waals surface area contributed by atoms with E-state index in [9.17, 15) is 9.59 Å². The van der Waals surface area contributed by atoms with Gasteiger partial charge in [-0.2, -0.15) is 17.0 Å². The first kappa shape index (κ1) is 18.6. The summed E-state index contributed by atoms with van der Waals surface area (Å²) < 4.78 is 4.62. The molecule has 0 bridgehead atoms. The maximum absolute atomic E-state index is 12.0. The lowest BCUT2D eigenvalue weighted by molar-refractivity contribution is 0.0600. The first-order chi connectivity index (χ1) is 12.2. The molecule has 2 rings (SSSR count). The Labute approximate surface area is 151 Å². The fourth-order valence-corrected chi connectivity index (χ4v) is 3.01. The van der Waals surface area contributed by atoms with E-state index in [0.717, 1.165) is 17.1 Å². The highest BCUT2D eigenvalue weighted by molar-refractivity contribution is 7.98. The van der Waals surface area contributed by atoms with Crippen molar-refractivity contribution in [2.75, 3.05) is 19.4 Å². The number of nitrogens with one attached hydrogen (secondary N) is 1. The molecule has 1 N–H and O–H groups in total. The number of benzene rings is 2. The van der Waals surface area contributed by atoms with Crippen LogP contribution in [0.1, 0.15) is 31.8 Å². The molecule has 0 fully saturated rings. The minimum absolute atomic E-state index is 0.186. The minimum Gasteiger partial charge on any atom is -0.465 e. The van der Waals surface area contributed by atoms with Crippen molar-refractivity contribution in [3.05, 3.63) is 70.8 Å². The molecular formula is C19H18N2O3S. The number of amides is 1. The summed E-state index contributed by atoms with van der Waals surface area (Å²) >= 11 is 1.66. The summed E-state index contributed by atoms with van der Waals surface area (Å²) in [6, 6.07) is 16.0. The number of carbonyl (C=O) groups excluding carboxylic acids is 2. The zero-order valence-corrected chi connectivity index (χ0v) is 14.6. The van der Waals surface area contributed by atoms with Gasteiger partial charge in [0.15, 0.2) is 0 Å². The molecule has 1 amide bonds. The van der Waals surface area contributed by atoms with Crippen molar-refractivity contribution in [1.29, 1.82) is 5.26 Å². The number of hydrogen-bond donors (Lipinski definition) is 1. The fourth-order valence-electron chi connectivity index (χ4n) is 2.15. The van der Waals surface area contributed by atoms with E-state index in [4.69, 9.17) is 5.26 Å². The average molecular weight is 354 g/mol. The predicted octanol–water partition coefficient (Wildman–Crippen LogP) is 3.01. The highest BCUT2D eigenvalue weighted by atomic mass is 32.2. The number of rotatable bonds is 7. The van der Waals surface area contributed by atoms with Crippen molar-refractivity contribution in [1.82, 2.24) is 5.32 Å². The summed E-state index contributed by atoms with van der Waals surface area (Å²) in [5.41, 5.74) is 2.59. The average Bonchev–Trinajstić information content (AvgIpc) is 2.67. The van der Waals surface area contributed by atoms with Crippen molar-refractivity contribution >= 4 is 23.6 Å². The Bertz CT molecular complexity index is 782. The van der Waals surface area contributed by atoms with Crippen molar-refractivity contribution in [2.24, 2.45) is 0 Å². The molecule has 0 aromatic heterocycles. The number of carbonyl (C=O) groups is 2. The number of esters is 1. The van der Waals surface area contributed by atoms with Gasteiger partial charge in [-0.05, 0) is 35.9 Å². The Balaban J connectivity index is 1.75. The smallest absolute Gasteiger partial charge is 0.337 e. The summed E-state index contributed by atoms with van der Waals surface area (Å²) in [4.78, 5) is 23.4. The Hall–Kier alpha value is -2.78. The van der Waals surface area contributed by atoms with Gasteiger partial charge in [-0.3, -0.25) is 4.79 Å². The van der Waals surface area contributed by atoms with Crippen LogP contribution in [-0.2, 0) is 10.5 Å². The monoisotopic (exact) mass is 354 g/mol. The van der Waals surface area contributed by atoms with Gasteiger partial charge in [0.25, 0.3) is 5.91 Å². The second-order valence-corrected chi connectivity index (χ2v) is 6.25. The number of hydrogen-bond acceptors (Lipinski definition) is 5.